The van der Waals surface area contributed by atoms with Crippen molar-refractivity contribution in [1.82, 2.24) is 14.5 Å². The number of carbonyl (C=O) groups excluding carboxylic acids is 2. The molecule has 7 rings (SSSR count). The highest BCUT2D eigenvalue weighted by Gasteiger charge is 2.45. The van der Waals surface area contributed by atoms with Crippen molar-refractivity contribution in [3.05, 3.63) is 88.2 Å². The molecule has 2 amide bonds. The van der Waals surface area contributed by atoms with Crippen LogP contribution in [0.5, 0.6) is 5.75 Å². The van der Waals surface area contributed by atoms with Crippen molar-refractivity contribution in [2.24, 2.45) is 29.2 Å². The molecule has 4 heterocycles. The summed E-state index contributed by atoms with van der Waals surface area (Å²) < 4.78 is 35.0. The number of fused-ring (bicyclic) bond motifs is 4. The quantitative estimate of drug-likeness (QED) is 0.325. The molecule has 1 N–H and O–H groups in total. The standard InChI is InChI=1S/C36H42ClN5O5S2/c1-23-5-4-6-32(46-3)29-10-7-26(29)19-42-21-36(30-11-9-28(37)15-24(30)13-14-48-36)22-47-33-12-8-25(16-31(33)42)34(43)39-49(45,20-23)40-35(44)27-17-38-41(2)18-27/h4,6,8-9,11-12,15-18,23,26,29,32H,5,7,10,13-14,19-22H2,1-3H3,(H,39,40,43,44,45)/b6-4+/t23-,26-,29+,32-,36+,49?/m0/s1. The molecule has 10 nitrogen and oxygen atoms in total. The second-order valence-corrected chi connectivity index (χ2v) is 17.7. The Morgan fingerprint density at radius 1 is 1.22 bits per heavy atom. The maximum atomic E-state index is 14.4. The van der Waals surface area contributed by atoms with Gasteiger partial charge in [0.25, 0.3) is 11.8 Å². The molecule has 49 heavy (non-hydrogen) atoms. The molecule has 1 aliphatic carbocycles. The highest BCUT2D eigenvalue weighted by Crippen LogP contribution is 2.49. The lowest BCUT2D eigenvalue weighted by atomic mass is 9.70. The van der Waals surface area contributed by atoms with Gasteiger partial charge in [0.15, 0.2) is 0 Å². The number of methoxy groups -OCH3 is 1. The number of thioether (sulfide) groups is 1. The first-order chi connectivity index (χ1) is 23.5. The van der Waals surface area contributed by atoms with Gasteiger partial charge in [-0.25, -0.2) is 4.21 Å². The second-order valence-electron chi connectivity index (χ2n) is 13.8. The zero-order valence-corrected chi connectivity index (χ0v) is 30.4. The summed E-state index contributed by atoms with van der Waals surface area (Å²) in [5.74, 6) is 0.963. The molecule has 1 unspecified atom stereocenters. The van der Waals surface area contributed by atoms with Crippen LogP contribution >= 0.6 is 23.4 Å². The van der Waals surface area contributed by atoms with Gasteiger partial charge in [0.05, 0.1) is 34.1 Å². The van der Waals surface area contributed by atoms with Crippen LogP contribution in [0.2, 0.25) is 5.02 Å². The minimum Gasteiger partial charge on any atom is -0.490 e. The van der Waals surface area contributed by atoms with Crippen LogP contribution in [-0.4, -0.2) is 70.2 Å². The summed E-state index contributed by atoms with van der Waals surface area (Å²) in [6.07, 6.45) is 10.7. The van der Waals surface area contributed by atoms with Gasteiger partial charge in [0.2, 0.25) is 0 Å². The van der Waals surface area contributed by atoms with Crippen LogP contribution in [-0.2, 0) is 32.9 Å². The first kappa shape index (κ1) is 34.1. The molecule has 0 radical (unpaired) electrons. The summed E-state index contributed by atoms with van der Waals surface area (Å²) in [4.78, 5) is 29.5. The van der Waals surface area contributed by atoms with Gasteiger partial charge >= 0.3 is 0 Å². The van der Waals surface area contributed by atoms with Crippen molar-refractivity contribution in [2.45, 2.75) is 43.5 Å². The van der Waals surface area contributed by atoms with E-state index < -0.39 is 21.7 Å². The zero-order chi connectivity index (χ0) is 34.3. The van der Waals surface area contributed by atoms with E-state index in [2.05, 4.69) is 43.4 Å². The zero-order valence-electron chi connectivity index (χ0n) is 28.0. The minimum absolute atomic E-state index is 0.00211. The van der Waals surface area contributed by atoms with Crippen molar-refractivity contribution < 1.29 is 23.3 Å². The van der Waals surface area contributed by atoms with E-state index in [1.54, 1.807) is 20.2 Å². The molecule has 1 fully saturated rings. The van der Waals surface area contributed by atoms with Gasteiger partial charge < -0.3 is 14.4 Å². The number of ether oxygens (including phenoxy) is 2. The third-order valence-electron chi connectivity index (χ3n) is 10.2. The number of anilines is 1. The number of hydrogen-bond acceptors (Lipinski definition) is 8. The van der Waals surface area contributed by atoms with E-state index in [-0.39, 0.29) is 33.6 Å². The molecular formula is C36H42ClN5O5S2. The average molecular weight is 724 g/mol. The molecule has 2 aromatic carbocycles. The van der Waals surface area contributed by atoms with Gasteiger partial charge in [-0.05, 0) is 90.6 Å². The minimum atomic E-state index is -3.52. The van der Waals surface area contributed by atoms with Crippen molar-refractivity contribution in [2.75, 3.05) is 43.2 Å². The number of hydrogen-bond donors (Lipinski definition) is 1. The lowest BCUT2D eigenvalue weighted by molar-refractivity contribution is 0.0134. The highest BCUT2D eigenvalue weighted by atomic mass is 35.5. The van der Waals surface area contributed by atoms with Crippen LogP contribution in [0.25, 0.3) is 0 Å². The average Bonchev–Trinajstić information content (AvgIpc) is 3.43. The number of carbonyl (C=O) groups is 2. The molecule has 13 heteroatoms. The number of amides is 2. The lowest BCUT2D eigenvalue weighted by Crippen LogP contribution is -2.48. The maximum Gasteiger partial charge on any atom is 0.286 e. The van der Waals surface area contributed by atoms with Crippen molar-refractivity contribution in [3.63, 3.8) is 0 Å². The van der Waals surface area contributed by atoms with Gasteiger partial charge in [-0.2, -0.15) is 5.10 Å². The molecule has 3 aromatic rings. The summed E-state index contributed by atoms with van der Waals surface area (Å²) in [5.41, 5.74) is 3.81. The first-order valence-corrected chi connectivity index (χ1v) is 19.8. The number of rotatable bonds is 3. The Bertz CT molecular complexity index is 1920. The maximum absolute atomic E-state index is 14.4. The van der Waals surface area contributed by atoms with Gasteiger partial charge in [-0.3, -0.25) is 19.0 Å². The predicted octanol–water partition coefficient (Wildman–Crippen LogP) is 6.05. The van der Waals surface area contributed by atoms with Crippen molar-refractivity contribution >= 4 is 50.8 Å². The summed E-state index contributed by atoms with van der Waals surface area (Å²) in [5, 5.41) is 4.79. The smallest absolute Gasteiger partial charge is 0.286 e. The van der Waals surface area contributed by atoms with Gasteiger partial charge in [-0.1, -0.05) is 36.7 Å². The number of nitrogens with zero attached hydrogens (tertiary/aromatic N) is 4. The predicted molar refractivity (Wildman–Crippen MR) is 194 cm³/mol. The Morgan fingerprint density at radius 3 is 2.84 bits per heavy atom. The van der Waals surface area contributed by atoms with E-state index >= 15 is 0 Å². The summed E-state index contributed by atoms with van der Waals surface area (Å²) >= 11 is 8.35. The molecule has 2 bridgehead atoms. The number of benzene rings is 2. The molecule has 3 aliphatic heterocycles. The number of allylic oxidation sites excluding steroid dienone is 1. The van der Waals surface area contributed by atoms with Crippen molar-refractivity contribution in [1.29, 1.82) is 0 Å². The first-order valence-electron chi connectivity index (χ1n) is 16.8. The van der Waals surface area contributed by atoms with Crippen LogP contribution in [0.1, 0.15) is 58.0 Å². The fourth-order valence-corrected chi connectivity index (χ4v) is 11.1. The van der Waals surface area contributed by atoms with Gasteiger partial charge in [0.1, 0.15) is 22.3 Å². The van der Waals surface area contributed by atoms with E-state index in [9.17, 15) is 13.8 Å². The summed E-state index contributed by atoms with van der Waals surface area (Å²) in [6, 6.07) is 11.5. The largest absolute Gasteiger partial charge is 0.490 e. The van der Waals surface area contributed by atoms with Gasteiger partial charge in [0, 0.05) is 44.0 Å². The Morgan fingerprint density at radius 2 is 2.08 bits per heavy atom. The van der Waals surface area contributed by atoms with Crippen LogP contribution in [0.15, 0.2) is 65.3 Å². The number of aromatic nitrogens is 2. The summed E-state index contributed by atoms with van der Waals surface area (Å²) in [6.45, 7) is 3.86. The van der Waals surface area contributed by atoms with E-state index in [4.69, 9.17) is 21.1 Å². The fourth-order valence-electron chi connectivity index (χ4n) is 7.58. The van der Waals surface area contributed by atoms with Crippen LogP contribution in [0.4, 0.5) is 5.69 Å². The van der Waals surface area contributed by atoms with E-state index in [0.29, 0.717) is 37.2 Å². The lowest BCUT2D eigenvalue weighted by Gasteiger charge is -2.45. The van der Waals surface area contributed by atoms with E-state index in [1.807, 2.05) is 36.9 Å². The van der Waals surface area contributed by atoms with E-state index in [1.165, 1.54) is 28.2 Å². The molecule has 6 atom stereocenters. The van der Waals surface area contributed by atoms with Crippen LogP contribution in [0.3, 0.4) is 0 Å². The van der Waals surface area contributed by atoms with Gasteiger partial charge in [-0.15, -0.1) is 16.1 Å². The number of aryl methyl sites for hydroxylation is 2. The third kappa shape index (κ3) is 7.02. The Kier molecular flexibility index (Phi) is 9.60. The number of halogens is 1. The topological polar surface area (TPSA) is 115 Å². The molecular weight excluding hydrogens is 682 g/mol. The number of nitrogens with one attached hydrogen (secondary N) is 1. The molecule has 0 saturated heterocycles. The molecule has 1 aromatic heterocycles. The Hall–Kier alpha value is -3.32. The molecule has 1 saturated carbocycles. The molecule has 4 aliphatic rings. The molecule has 1 spiro atoms. The SMILES string of the molecule is CO[C@H]1/C=C/C[C@H](C)CS(=O)(NC(=O)c2cnn(C)c2)=NC(=O)c2ccc3c(c2)N(C[C@@H]2CC[C@H]21)C[C@]1(CO3)SCCc2cc(Cl)ccc21. The van der Waals surface area contributed by atoms with Crippen molar-refractivity contribution in [3.8, 4) is 5.75 Å². The second kappa shape index (κ2) is 13.8. The Balaban J connectivity index is 1.31. The fraction of sp³-hybridized carbons (Fsp3) is 0.472. The van der Waals surface area contributed by atoms with Crippen LogP contribution in [0, 0.1) is 17.8 Å². The van der Waals surface area contributed by atoms with Crippen LogP contribution < -0.4 is 14.4 Å². The normalized spacial score (nSPS) is 30.5. The monoisotopic (exact) mass is 723 g/mol. The third-order valence-corrected chi connectivity index (χ3v) is 13.9. The summed E-state index contributed by atoms with van der Waals surface area (Å²) in [7, 11) is -0.0647. The highest BCUT2D eigenvalue weighted by molar-refractivity contribution is 8.00. The Labute approximate surface area is 297 Å². The molecule has 260 valence electrons. The van der Waals surface area contributed by atoms with E-state index in [0.717, 1.165) is 42.3 Å².